The molecule has 1 atom stereocenters. The number of hydrogen-bond acceptors (Lipinski definition) is 2. The van der Waals surface area contributed by atoms with E-state index < -0.39 is 24.5 Å². The van der Waals surface area contributed by atoms with Crippen molar-refractivity contribution in [1.29, 1.82) is 0 Å². The molecule has 1 aliphatic heterocycles. The molecule has 7 heteroatoms. The fourth-order valence-corrected chi connectivity index (χ4v) is 1.32. The molecule has 0 aliphatic carbocycles. The van der Waals surface area contributed by atoms with E-state index in [2.05, 4.69) is 10.6 Å². The number of alkyl halides is 3. The minimum absolute atomic E-state index is 0.142. The number of nitrogens with one attached hydrogen (secondary N) is 2. The molecule has 1 unspecified atom stereocenters. The maximum Gasteiger partial charge on any atom is 0.397 e. The highest BCUT2D eigenvalue weighted by Gasteiger charge is 2.32. The second-order valence-corrected chi connectivity index (χ2v) is 3.40. The molecule has 1 rings (SSSR count). The molecule has 1 aliphatic rings. The average molecular weight is 224 g/mol. The van der Waals surface area contributed by atoms with Gasteiger partial charge in [-0.1, -0.05) is 0 Å². The van der Waals surface area contributed by atoms with Gasteiger partial charge in [0, 0.05) is 19.0 Å². The standard InChI is InChI=1S/C8H11F3N2O2/c9-8(10,11)3-7(15)13-5-1-2-6(14)12-4-5/h5H,1-4H2,(H,12,14)(H,13,15). The third-order valence-electron chi connectivity index (χ3n) is 1.99. The van der Waals surface area contributed by atoms with Crippen molar-refractivity contribution in [3.05, 3.63) is 0 Å². The minimum atomic E-state index is -4.48. The first-order valence-electron chi connectivity index (χ1n) is 4.49. The van der Waals surface area contributed by atoms with Crippen molar-refractivity contribution in [3.63, 3.8) is 0 Å². The summed E-state index contributed by atoms with van der Waals surface area (Å²) in [5, 5.41) is 4.69. The first kappa shape index (κ1) is 11.8. The van der Waals surface area contributed by atoms with Crippen molar-refractivity contribution in [2.75, 3.05) is 6.54 Å². The molecule has 0 bridgehead atoms. The number of amides is 2. The predicted octanol–water partition coefficient (Wildman–Crippen LogP) is 0.334. The Morgan fingerprint density at radius 3 is 2.67 bits per heavy atom. The highest BCUT2D eigenvalue weighted by molar-refractivity contribution is 5.79. The Morgan fingerprint density at radius 2 is 2.20 bits per heavy atom. The van der Waals surface area contributed by atoms with Crippen molar-refractivity contribution >= 4 is 11.8 Å². The van der Waals surface area contributed by atoms with Crippen molar-refractivity contribution < 1.29 is 22.8 Å². The molecule has 0 radical (unpaired) electrons. The van der Waals surface area contributed by atoms with Crippen LogP contribution in [-0.2, 0) is 9.59 Å². The zero-order valence-electron chi connectivity index (χ0n) is 7.86. The smallest absolute Gasteiger partial charge is 0.354 e. The molecule has 1 fully saturated rings. The number of halogens is 3. The molecule has 1 heterocycles. The van der Waals surface area contributed by atoms with Gasteiger partial charge in [-0.3, -0.25) is 9.59 Å². The molecular weight excluding hydrogens is 213 g/mol. The molecule has 15 heavy (non-hydrogen) atoms. The van der Waals surface area contributed by atoms with Crippen molar-refractivity contribution in [2.45, 2.75) is 31.5 Å². The van der Waals surface area contributed by atoms with Crippen LogP contribution < -0.4 is 10.6 Å². The maximum atomic E-state index is 11.8. The Kier molecular flexibility index (Phi) is 3.54. The average Bonchev–Trinajstić information content (AvgIpc) is 2.05. The van der Waals surface area contributed by atoms with Crippen LogP contribution in [0.25, 0.3) is 0 Å². The van der Waals surface area contributed by atoms with Gasteiger partial charge in [0.25, 0.3) is 0 Å². The van der Waals surface area contributed by atoms with E-state index in [1.165, 1.54) is 0 Å². The first-order chi connectivity index (χ1) is 6.87. The lowest BCUT2D eigenvalue weighted by atomic mass is 10.1. The molecule has 4 nitrogen and oxygen atoms in total. The number of carbonyl (C=O) groups is 2. The number of hydrogen-bond donors (Lipinski definition) is 2. The molecule has 0 spiro atoms. The minimum Gasteiger partial charge on any atom is -0.354 e. The van der Waals surface area contributed by atoms with Gasteiger partial charge in [-0.05, 0) is 6.42 Å². The fraction of sp³-hybridized carbons (Fsp3) is 0.750. The molecule has 0 saturated carbocycles. The number of rotatable bonds is 2. The summed E-state index contributed by atoms with van der Waals surface area (Å²) in [7, 11) is 0. The largest absolute Gasteiger partial charge is 0.397 e. The Hall–Kier alpha value is -1.27. The first-order valence-corrected chi connectivity index (χ1v) is 4.49. The molecule has 0 aromatic heterocycles. The maximum absolute atomic E-state index is 11.8. The summed E-state index contributed by atoms with van der Waals surface area (Å²) < 4.78 is 35.4. The van der Waals surface area contributed by atoms with Gasteiger partial charge in [0.05, 0.1) is 0 Å². The number of piperidine rings is 1. The van der Waals surface area contributed by atoms with E-state index in [-0.39, 0.29) is 18.9 Å². The summed E-state index contributed by atoms with van der Waals surface area (Å²) in [5.41, 5.74) is 0. The molecule has 0 aromatic carbocycles. The van der Waals surface area contributed by atoms with Crippen molar-refractivity contribution in [2.24, 2.45) is 0 Å². The molecule has 86 valence electrons. The van der Waals surface area contributed by atoms with Gasteiger partial charge in [0.15, 0.2) is 0 Å². The van der Waals surface area contributed by atoms with Gasteiger partial charge >= 0.3 is 6.18 Å². The van der Waals surface area contributed by atoms with E-state index in [1.54, 1.807) is 0 Å². The van der Waals surface area contributed by atoms with Crippen LogP contribution in [0.5, 0.6) is 0 Å². The van der Waals surface area contributed by atoms with Crippen LogP contribution >= 0.6 is 0 Å². The topological polar surface area (TPSA) is 58.2 Å². The molecule has 2 amide bonds. The van der Waals surface area contributed by atoms with Crippen molar-refractivity contribution in [1.82, 2.24) is 10.6 Å². The SMILES string of the molecule is O=C1CCC(NC(=O)CC(F)(F)F)CN1. The lowest BCUT2D eigenvalue weighted by molar-refractivity contribution is -0.154. The highest BCUT2D eigenvalue weighted by atomic mass is 19.4. The van der Waals surface area contributed by atoms with E-state index in [0.717, 1.165) is 0 Å². The van der Waals surface area contributed by atoms with Crippen LogP contribution in [0.1, 0.15) is 19.3 Å². The third-order valence-corrected chi connectivity index (χ3v) is 1.99. The number of carbonyl (C=O) groups excluding carboxylic acids is 2. The summed E-state index contributed by atoms with van der Waals surface area (Å²) >= 11 is 0. The lowest BCUT2D eigenvalue weighted by Crippen LogP contribution is -2.48. The summed E-state index contributed by atoms with van der Waals surface area (Å²) in [6.07, 6.45) is -5.34. The van der Waals surface area contributed by atoms with Crippen LogP contribution in [0.15, 0.2) is 0 Å². The van der Waals surface area contributed by atoms with Gasteiger partial charge < -0.3 is 10.6 Å². The normalized spacial score (nSPS) is 22.1. The fourth-order valence-electron chi connectivity index (χ4n) is 1.32. The predicted molar refractivity (Wildman–Crippen MR) is 44.8 cm³/mol. The molecule has 2 N–H and O–H groups in total. The monoisotopic (exact) mass is 224 g/mol. The van der Waals surface area contributed by atoms with Gasteiger partial charge in [-0.15, -0.1) is 0 Å². The zero-order chi connectivity index (χ0) is 11.5. The third kappa shape index (κ3) is 4.66. The van der Waals surface area contributed by atoms with E-state index in [4.69, 9.17) is 0 Å². The Bertz CT molecular complexity index is 255. The van der Waals surface area contributed by atoms with Crippen LogP contribution in [0.3, 0.4) is 0 Å². The quantitative estimate of drug-likeness (QED) is 0.710. The van der Waals surface area contributed by atoms with Crippen LogP contribution in [0.4, 0.5) is 13.2 Å². The van der Waals surface area contributed by atoms with Crippen LogP contribution in [-0.4, -0.2) is 30.6 Å². The van der Waals surface area contributed by atoms with Gasteiger partial charge in [-0.25, -0.2) is 0 Å². The van der Waals surface area contributed by atoms with Crippen LogP contribution in [0, 0.1) is 0 Å². The second-order valence-electron chi connectivity index (χ2n) is 3.40. The summed E-state index contributed by atoms with van der Waals surface area (Å²) in [5.74, 6) is -1.19. The molecule has 0 aromatic rings. The zero-order valence-corrected chi connectivity index (χ0v) is 7.86. The van der Waals surface area contributed by atoms with Crippen molar-refractivity contribution in [3.8, 4) is 0 Å². The van der Waals surface area contributed by atoms with Gasteiger partial charge in [0.2, 0.25) is 11.8 Å². The molecular formula is C8H11F3N2O2. The van der Waals surface area contributed by atoms with Gasteiger partial charge in [-0.2, -0.15) is 13.2 Å². The highest BCUT2D eigenvalue weighted by Crippen LogP contribution is 2.19. The Labute approximate surface area is 84.2 Å². The van der Waals surface area contributed by atoms with E-state index in [1.807, 2.05) is 0 Å². The summed E-state index contributed by atoms with van der Waals surface area (Å²) in [4.78, 5) is 21.6. The van der Waals surface area contributed by atoms with Gasteiger partial charge in [0.1, 0.15) is 6.42 Å². The Balaban J connectivity index is 2.29. The lowest BCUT2D eigenvalue weighted by Gasteiger charge is -2.23. The molecule has 1 saturated heterocycles. The summed E-state index contributed by atoms with van der Waals surface area (Å²) in [6.45, 7) is 0.197. The summed E-state index contributed by atoms with van der Waals surface area (Å²) in [6, 6.07) is -0.391. The van der Waals surface area contributed by atoms with Crippen LogP contribution in [0.2, 0.25) is 0 Å². The van der Waals surface area contributed by atoms with E-state index >= 15 is 0 Å². The Morgan fingerprint density at radius 1 is 1.53 bits per heavy atom. The van der Waals surface area contributed by atoms with E-state index in [0.29, 0.717) is 6.42 Å². The second kappa shape index (κ2) is 4.50. The van der Waals surface area contributed by atoms with E-state index in [9.17, 15) is 22.8 Å².